The second kappa shape index (κ2) is 7.87. The van der Waals surface area contributed by atoms with Crippen LogP contribution in [0.3, 0.4) is 0 Å². The molecule has 0 radical (unpaired) electrons. The summed E-state index contributed by atoms with van der Waals surface area (Å²) in [5.74, 6) is 0.283. The Morgan fingerprint density at radius 3 is 2.81 bits per heavy atom. The molecule has 0 atom stereocenters. The minimum absolute atomic E-state index is 0.234. The molecule has 27 heavy (non-hydrogen) atoms. The fourth-order valence-electron chi connectivity index (χ4n) is 3.02. The van der Waals surface area contributed by atoms with E-state index in [0.29, 0.717) is 28.4 Å². The molecule has 0 aliphatic heterocycles. The molecule has 0 unspecified atom stereocenters. The number of hydrogen-bond donors (Lipinski definition) is 2. The van der Waals surface area contributed by atoms with E-state index in [1.54, 1.807) is 23.0 Å². The molecule has 1 aromatic carbocycles. The van der Waals surface area contributed by atoms with Crippen LogP contribution < -0.4 is 10.5 Å². The Morgan fingerprint density at radius 1 is 1.33 bits per heavy atom. The van der Waals surface area contributed by atoms with E-state index in [2.05, 4.69) is 15.3 Å². The molecule has 0 saturated heterocycles. The Bertz CT molecular complexity index is 1090. The van der Waals surface area contributed by atoms with Crippen LogP contribution in [0.25, 0.3) is 27.5 Å². The Morgan fingerprint density at radius 2 is 2.11 bits per heavy atom. The maximum Gasteiger partial charge on any atom is 0.181 e. The summed E-state index contributed by atoms with van der Waals surface area (Å²) in [5, 5.41) is 12.0. The molecule has 142 valence electrons. The van der Waals surface area contributed by atoms with Crippen molar-refractivity contribution in [1.29, 1.82) is 0 Å². The van der Waals surface area contributed by atoms with E-state index in [0.717, 1.165) is 16.5 Å². The number of nitrogens with zero attached hydrogens (tertiary/aromatic N) is 3. The van der Waals surface area contributed by atoms with Gasteiger partial charge >= 0.3 is 0 Å². The predicted octanol–water partition coefficient (Wildman–Crippen LogP) is 4.75. The maximum atomic E-state index is 15.1. The molecule has 3 N–H and O–H groups in total. The van der Waals surface area contributed by atoms with E-state index >= 15 is 4.39 Å². The largest absolute Gasteiger partial charge is 0.490 e. The van der Waals surface area contributed by atoms with Crippen LogP contribution >= 0.6 is 11.8 Å². The van der Waals surface area contributed by atoms with Gasteiger partial charge in [0.15, 0.2) is 11.6 Å². The first-order valence-electron chi connectivity index (χ1n) is 8.74. The molecule has 4 rings (SSSR count). The smallest absolute Gasteiger partial charge is 0.181 e. The number of rotatable bonds is 4. The molecule has 0 aliphatic rings. The van der Waals surface area contributed by atoms with Gasteiger partial charge in [-0.15, -0.1) is 11.8 Å². The van der Waals surface area contributed by atoms with Crippen LogP contribution in [0.5, 0.6) is 5.75 Å². The predicted molar refractivity (Wildman–Crippen MR) is 109 cm³/mol. The van der Waals surface area contributed by atoms with Crippen LogP contribution in [0.1, 0.15) is 20.8 Å². The van der Waals surface area contributed by atoms with Gasteiger partial charge < -0.3 is 10.5 Å². The van der Waals surface area contributed by atoms with Gasteiger partial charge in [-0.1, -0.05) is 13.8 Å². The molecule has 3 heterocycles. The van der Waals surface area contributed by atoms with E-state index in [9.17, 15) is 0 Å². The lowest BCUT2D eigenvalue weighted by Gasteiger charge is -2.15. The molecule has 6 nitrogen and oxygen atoms in total. The number of thioether (sulfide) groups is 1. The summed E-state index contributed by atoms with van der Waals surface area (Å²) in [4.78, 5) is 0.495. The van der Waals surface area contributed by atoms with E-state index in [-0.39, 0.29) is 11.6 Å². The van der Waals surface area contributed by atoms with Gasteiger partial charge in [-0.3, -0.25) is 5.10 Å². The van der Waals surface area contributed by atoms with Crippen LogP contribution in [-0.2, 0) is 0 Å². The van der Waals surface area contributed by atoms with E-state index in [1.165, 1.54) is 11.8 Å². The highest BCUT2D eigenvalue weighted by molar-refractivity contribution is 7.98. The third-order valence-electron chi connectivity index (χ3n) is 4.03. The number of nitrogen functional groups attached to an aromatic ring is 1. The maximum absolute atomic E-state index is 15.1. The molecule has 4 aromatic rings. The summed E-state index contributed by atoms with van der Waals surface area (Å²) in [5.41, 5.74) is 8.73. The van der Waals surface area contributed by atoms with Gasteiger partial charge in [0.25, 0.3) is 0 Å². The third kappa shape index (κ3) is 3.21. The zero-order valence-electron chi connectivity index (χ0n) is 15.7. The van der Waals surface area contributed by atoms with Crippen molar-refractivity contribution in [1.82, 2.24) is 19.8 Å². The average molecular weight is 387 g/mol. The number of H-pyrrole nitrogens is 1. The highest BCUT2D eigenvalue weighted by atomic mass is 32.2. The molecular weight excluding hydrogens is 365 g/mol. The van der Waals surface area contributed by atoms with E-state index in [1.807, 2.05) is 39.2 Å². The summed E-state index contributed by atoms with van der Waals surface area (Å²) in [6.45, 7) is 6.20. The number of pyridine rings is 1. The lowest BCUT2D eigenvalue weighted by Crippen LogP contribution is -2.00. The number of anilines is 1. The molecule has 0 fully saturated rings. The molecule has 0 spiro atoms. The van der Waals surface area contributed by atoms with Crippen LogP contribution in [0, 0.1) is 5.82 Å². The Balaban J connectivity index is 0.00000102. The summed E-state index contributed by atoms with van der Waals surface area (Å²) in [6, 6.07) is 5.54. The van der Waals surface area contributed by atoms with Crippen molar-refractivity contribution < 1.29 is 9.13 Å². The Hall–Kier alpha value is -2.74. The number of aromatic nitrogens is 4. The SMILES string of the molecule is CC.CCOc1c(F)c(SC)c2[nH]ncc2c1-c1ccn2nc(N)cc2c1. The first-order chi connectivity index (χ1) is 13.1. The second-order valence-electron chi connectivity index (χ2n) is 5.50. The van der Waals surface area contributed by atoms with Gasteiger partial charge in [0.05, 0.1) is 28.7 Å². The number of halogens is 1. The number of nitrogens with two attached hydrogens (primary N) is 1. The fourth-order valence-corrected chi connectivity index (χ4v) is 3.65. The molecule has 0 amide bonds. The zero-order chi connectivity index (χ0) is 19.6. The normalized spacial score (nSPS) is 10.9. The quantitative estimate of drug-likeness (QED) is 0.494. The summed E-state index contributed by atoms with van der Waals surface area (Å²) in [7, 11) is 0. The van der Waals surface area contributed by atoms with Crippen molar-refractivity contribution in [2.45, 2.75) is 25.7 Å². The topological polar surface area (TPSA) is 81.2 Å². The number of fused-ring (bicyclic) bond motifs is 2. The van der Waals surface area contributed by atoms with Crippen LogP contribution in [0.4, 0.5) is 10.2 Å². The summed E-state index contributed by atoms with van der Waals surface area (Å²) >= 11 is 1.32. The van der Waals surface area contributed by atoms with Gasteiger partial charge in [0.1, 0.15) is 5.82 Å². The molecule has 0 saturated carbocycles. The minimum atomic E-state index is -0.381. The van der Waals surface area contributed by atoms with Gasteiger partial charge in [-0.05, 0) is 30.9 Å². The zero-order valence-corrected chi connectivity index (χ0v) is 16.5. The van der Waals surface area contributed by atoms with E-state index in [4.69, 9.17) is 10.5 Å². The average Bonchev–Trinajstić information content (AvgIpc) is 3.29. The molecule has 8 heteroatoms. The van der Waals surface area contributed by atoms with Gasteiger partial charge in [-0.25, -0.2) is 8.91 Å². The van der Waals surface area contributed by atoms with Crippen molar-refractivity contribution in [2.75, 3.05) is 18.6 Å². The van der Waals surface area contributed by atoms with Gasteiger partial charge in [0, 0.05) is 23.2 Å². The lowest BCUT2D eigenvalue weighted by atomic mass is 10.0. The van der Waals surface area contributed by atoms with Crippen LogP contribution in [-0.4, -0.2) is 32.7 Å². The second-order valence-corrected chi connectivity index (χ2v) is 6.31. The minimum Gasteiger partial charge on any atom is -0.490 e. The molecule has 0 bridgehead atoms. The van der Waals surface area contributed by atoms with Gasteiger partial charge in [0.2, 0.25) is 0 Å². The fraction of sp³-hybridized carbons (Fsp3) is 0.263. The number of nitrogens with one attached hydrogen (secondary N) is 1. The van der Waals surface area contributed by atoms with Crippen molar-refractivity contribution >= 4 is 34.0 Å². The first kappa shape index (κ1) is 19.0. The van der Waals surface area contributed by atoms with Crippen molar-refractivity contribution in [2.24, 2.45) is 0 Å². The number of hydrogen-bond acceptors (Lipinski definition) is 5. The van der Waals surface area contributed by atoms with E-state index < -0.39 is 0 Å². The summed E-state index contributed by atoms with van der Waals surface area (Å²) < 4.78 is 22.5. The Labute approximate surface area is 160 Å². The molecule has 0 aliphatic carbocycles. The van der Waals surface area contributed by atoms with Crippen molar-refractivity contribution in [3.8, 4) is 16.9 Å². The molecular formula is C19H22FN5OS. The monoisotopic (exact) mass is 387 g/mol. The third-order valence-corrected chi connectivity index (χ3v) is 4.82. The summed E-state index contributed by atoms with van der Waals surface area (Å²) in [6.07, 6.45) is 5.32. The highest BCUT2D eigenvalue weighted by Crippen LogP contribution is 2.44. The number of benzene rings is 1. The number of ether oxygens (including phenoxy) is 1. The van der Waals surface area contributed by atoms with Crippen molar-refractivity contribution in [3.63, 3.8) is 0 Å². The van der Waals surface area contributed by atoms with Gasteiger partial charge in [-0.2, -0.15) is 10.2 Å². The molecule has 3 aromatic heterocycles. The van der Waals surface area contributed by atoms with Crippen LogP contribution in [0.15, 0.2) is 35.5 Å². The Kier molecular flexibility index (Phi) is 5.55. The highest BCUT2D eigenvalue weighted by Gasteiger charge is 2.23. The van der Waals surface area contributed by atoms with Crippen molar-refractivity contribution in [3.05, 3.63) is 36.4 Å². The first-order valence-corrected chi connectivity index (χ1v) is 9.97. The number of aromatic amines is 1. The standard InChI is InChI=1S/C17H16FN5OS.C2H6/c1-3-24-16-13(9-4-5-23-10(6-9)7-12(19)22-23)11-8-20-21-15(11)17(25-2)14(16)18;1-2/h4-8H,3H2,1-2H3,(H2,19,22)(H,20,21);1-2H3. The van der Waals surface area contributed by atoms with Crippen LogP contribution in [0.2, 0.25) is 0 Å². The lowest BCUT2D eigenvalue weighted by molar-refractivity contribution is 0.321.